The molecule has 0 unspecified atom stereocenters. The summed E-state index contributed by atoms with van der Waals surface area (Å²) in [7, 11) is 0. The van der Waals surface area contributed by atoms with Crippen LogP contribution in [-0.2, 0) is 0 Å². The second-order valence-electron chi connectivity index (χ2n) is 13.7. The lowest BCUT2D eigenvalue weighted by Gasteiger charge is -2.25. The van der Waals surface area contributed by atoms with Gasteiger partial charge < -0.3 is 9.80 Å². The average molecular weight is 785 g/mol. The average Bonchev–Trinajstić information content (AvgIpc) is 3.84. The molecule has 8 aromatic carbocycles. The van der Waals surface area contributed by atoms with Crippen molar-refractivity contribution >= 4 is 88.7 Å². The SMILES string of the molecule is c1ccc(N(c2ccccc2)c2ccc(-c3sc4ccccc4c3Sc3c(-c4ccc(N(c5ccccc5)c5ccccc5)cc4)sc4ccccc34)cc2)cc1. The van der Waals surface area contributed by atoms with E-state index >= 15 is 0 Å². The maximum Gasteiger partial charge on any atom is 0.0495 e. The fourth-order valence-corrected chi connectivity index (χ4v) is 11.5. The van der Waals surface area contributed by atoms with Gasteiger partial charge in [0.25, 0.3) is 0 Å². The molecule has 0 saturated heterocycles. The first-order chi connectivity index (χ1) is 28.3. The fraction of sp³-hybridized carbons (Fsp3) is 0. The van der Waals surface area contributed by atoms with Crippen LogP contribution in [0.3, 0.4) is 0 Å². The normalized spacial score (nSPS) is 11.2. The van der Waals surface area contributed by atoms with Crippen LogP contribution < -0.4 is 9.80 Å². The Balaban J connectivity index is 1.05. The van der Waals surface area contributed by atoms with Crippen LogP contribution in [0.1, 0.15) is 0 Å². The van der Waals surface area contributed by atoms with Crippen LogP contribution in [0, 0.1) is 0 Å². The summed E-state index contributed by atoms with van der Waals surface area (Å²) >= 11 is 5.67. The predicted molar refractivity (Wildman–Crippen MR) is 248 cm³/mol. The first kappa shape index (κ1) is 35.1. The molecular formula is C52H36N2S3. The van der Waals surface area contributed by atoms with E-state index in [2.05, 4.69) is 228 Å². The van der Waals surface area contributed by atoms with Crippen molar-refractivity contribution in [3.8, 4) is 20.9 Å². The second-order valence-corrected chi connectivity index (χ2v) is 16.8. The Morgan fingerprint density at radius 2 is 0.561 bits per heavy atom. The van der Waals surface area contributed by atoms with Gasteiger partial charge in [-0.05, 0) is 96.1 Å². The van der Waals surface area contributed by atoms with Gasteiger partial charge in [0, 0.05) is 73.8 Å². The van der Waals surface area contributed by atoms with Crippen LogP contribution in [0.25, 0.3) is 41.1 Å². The van der Waals surface area contributed by atoms with Gasteiger partial charge in [-0.3, -0.25) is 0 Å². The zero-order valence-corrected chi connectivity index (χ0v) is 33.4. The Labute approximate surface area is 345 Å². The molecule has 0 aliphatic heterocycles. The van der Waals surface area contributed by atoms with Crippen molar-refractivity contribution in [3.05, 3.63) is 218 Å². The molecule has 0 bridgehead atoms. The number of thiophene rings is 2. The summed E-state index contributed by atoms with van der Waals surface area (Å²) in [6.45, 7) is 0. The first-order valence-electron chi connectivity index (χ1n) is 19.0. The summed E-state index contributed by atoms with van der Waals surface area (Å²) in [5, 5.41) is 2.58. The molecule has 0 saturated carbocycles. The van der Waals surface area contributed by atoms with Crippen molar-refractivity contribution in [3.63, 3.8) is 0 Å². The van der Waals surface area contributed by atoms with Gasteiger partial charge in [0.15, 0.2) is 0 Å². The standard InChI is InChI=1S/C52H36N2S3/c1-5-17-39(18-6-1)53(40-19-7-2-8-20-40)43-33-29-37(30-34-43)49-51(45-25-13-15-27-47(45)55-49)57-52-46-26-14-16-28-48(46)56-50(52)38-31-35-44(36-32-38)54(41-21-9-3-10-22-41)42-23-11-4-12-24-42/h1-36H. The minimum atomic E-state index is 1.12. The number of para-hydroxylation sites is 4. The van der Waals surface area contributed by atoms with Crippen molar-refractivity contribution in [1.29, 1.82) is 0 Å². The quantitative estimate of drug-likeness (QED) is 0.136. The molecule has 2 heterocycles. The van der Waals surface area contributed by atoms with E-state index in [9.17, 15) is 0 Å². The highest BCUT2D eigenvalue weighted by Crippen LogP contribution is 2.53. The van der Waals surface area contributed by atoms with Crippen molar-refractivity contribution in [2.75, 3.05) is 9.80 Å². The van der Waals surface area contributed by atoms with Crippen LogP contribution in [0.15, 0.2) is 228 Å². The smallest absolute Gasteiger partial charge is 0.0495 e. The Morgan fingerprint density at radius 3 is 0.895 bits per heavy atom. The summed E-state index contributed by atoms with van der Waals surface area (Å²) in [6.07, 6.45) is 0. The minimum absolute atomic E-state index is 1.12. The van der Waals surface area contributed by atoms with Gasteiger partial charge >= 0.3 is 0 Å². The Bertz CT molecular complexity index is 2620. The molecule has 2 nitrogen and oxygen atoms in total. The molecule has 272 valence electrons. The molecule has 0 fully saturated rings. The second kappa shape index (κ2) is 15.6. The molecule has 10 aromatic rings. The van der Waals surface area contributed by atoms with Crippen LogP contribution >= 0.6 is 34.4 Å². The monoisotopic (exact) mass is 784 g/mol. The lowest BCUT2D eigenvalue weighted by atomic mass is 10.1. The van der Waals surface area contributed by atoms with Crippen molar-refractivity contribution in [2.24, 2.45) is 0 Å². The molecule has 0 aliphatic carbocycles. The maximum atomic E-state index is 2.32. The topological polar surface area (TPSA) is 6.48 Å². The molecule has 2 aromatic heterocycles. The zero-order valence-electron chi connectivity index (χ0n) is 30.9. The highest BCUT2D eigenvalue weighted by atomic mass is 32.2. The Hall–Kier alpha value is -6.37. The molecule has 0 atom stereocenters. The highest BCUT2D eigenvalue weighted by Gasteiger charge is 2.22. The van der Waals surface area contributed by atoms with E-state index in [0.29, 0.717) is 0 Å². The number of hydrogen-bond acceptors (Lipinski definition) is 5. The summed E-state index contributed by atoms with van der Waals surface area (Å²) in [5.74, 6) is 0. The van der Waals surface area contributed by atoms with Crippen molar-refractivity contribution in [1.82, 2.24) is 0 Å². The van der Waals surface area contributed by atoms with Crippen LogP contribution in [-0.4, -0.2) is 0 Å². The molecule has 57 heavy (non-hydrogen) atoms. The van der Waals surface area contributed by atoms with Gasteiger partial charge in [-0.2, -0.15) is 0 Å². The van der Waals surface area contributed by atoms with Crippen molar-refractivity contribution < 1.29 is 0 Å². The van der Waals surface area contributed by atoms with Crippen LogP contribution in [0.4, 0.5) is 34.1 Å². The molecule has 0 N–H and O–H groups in total. The predicted octanol–water partition coefficient (Wildman–Crippen LogP) is 16.5. The summed E-state index contributed by atoms with van der Waals surface area (Å²) in [6, 6.07) is 78.3. The zero-order chi connectivity index (χ0) is 38.0. The minimum Gasteiger partial charge on any atom is -0.311 e. The van der Waals surface area contributed by atoms with Gasteiger partial charge in [0.05, 0.1) is 0 Å². The van der Waals surface area contributed by atoms with Gasteiger partial charge in [0.1, 0.15) is 0 Å². The van der Waals surface area contributed by atoms with E-state index in [1.165, 1.54) is 50.8 Å². The Morgan fingerprint density at radius 1 is 0.281 bits per heavy atom. The maximum absolute atomic E-state index is 2.32. The third-order valence-electron chi connectivity index (χ3n) is 10.1. The Kier molecular flexibility index (Phi) is 9.62. The van der Waals surface area contributed by atoms with E-state index < -0.39 is 0 Å². The third-order valence-corrected chi connectivity index (χ3v) is 14.1. The number of rotatable bonds is 10. The summed E-state index contributed by atoms with van der Waals surface area (Å²) in [5.41, 5.74) is 9.21. The number of anilines is 6. The lowest BCUT2D eigenvalue weighted by molar-refractivity contribution is 1.28. The highest BCUT2D eigenvalue weighted by molar-refractivity contribution is 8.00. The number of fused-ring (bicyclic) bond motifs is 2. The lowest BCUT2D eigenvalue weighted by Crippen LogP contribution is -2.09. The molecule has 10 rings (SSSR count). The van der Waals surface area contributed by atoms with E-state index in [-0.39, 0.29) is 0 Å². The van der Waals surface area contributed by atoms with Crippen molar-refractivity contribution in [2.45, 2.75) is 9.79 Å². The summed E-state index contributed by atoms with van der Waals surface area (Å²) < 4.78 is 2.59. The fourth-order valence-electron chi connectivity index (χ4n) is 7.45. The molecule has 0 amide bonds. The molecule has 0 aliphatic rings. The van der Waals surface area contributed by atoms with Crippen LogP contribution in [0.2, 0.25) is 0 Å². The third kappa shape index (κ3) is 6.91. The molecule has 5 heteroatoms. The van der Waals surface area contributed by atoms with E-state index in [4.69, 9.17) is 0 Å². The van der Waals surface area contributed by atoms with Gasteiger partial charge in [-0.1, -0.05) is 145 Å². The number of nitrogens with zero attached hydrogens (tertiary/aromatic N) is 2. The first-order valence-corrected chi connectivity index (χ1v) is 21.5. The van der Waals surface area contributed by atoms with Gasteiger partial charge in [-0.15, -0.1) is 22.7 Å². The largest absolute Gasteiger partial charge is 0.311 e. The summed E-state index contributed by atoms with van der Waals surface area (Å²) in [4.78, 5) is 9.81. The van der Waals surface area contributed by atoms with E-state index in [0.717, 1.165) is 34.1 Å². The van der Waals surface area contributed by atoms with Crippen LogP contribution in [0.5, 0.6) is 0 Å². The molecular weight excluding hydrogens is 749 g/mol. The van der Waals surface area contributed by atoms with Gasteiger partial charge in [0.2, 0.25) is 0 Å². The molecule has 0 spiro atoms. The molecule has 0 radical (unpaired) electrons. The van der Waals surface area contributed by atoms with E-state index in [1.807, 2.05) is 34.4 Å². The van der Waals surface area contributed by atoms with E-state index in [1.54, 1.807) is 0 Å². The van der Waals surface area contributed by atoms with Gasteiger partial charge in [-0.25, -0.2) is 0 Å². The number of hydrogen-bond donors (Lipinski definition) is 0. The number of benzene rings is 8.